The minimum Gasteiger partial charge on any atom is -0.211 e. The zero-order chi connectivity index (χ0) is 12.9. The summed E-state index contributed by atoms with van der Waals surface area (Å²) < 4.78 is 27.3. The van der Waals surface area contributed by atoms with E-state index in [0.717, 1.165) is 17.3 Å². The molecule has 0 aliphatic heterocycles. The molecule has 0 radical (unpaired) electrons. The number of unbranched alkanes of at least 4 members (excludes halogenated alkanes) is 1. The molecule has 0 aromatic heterocycles. The summed E-state index contributed by atoms with van der Waals surface area (Å²) in [5.41, 5.74) is 0. The molecule has 96 valence electrons. The summed E-state index contributed by atoms with van der Waals surface area (Å²) in [6, 6.07) is 4.38. The van der Waals surface area contributed by atoms with Crippen molar-refractivity contribution in [2.24, 2.45) is 0 Å². The number of hydrogen-bond donors (Lipinski definition) is 1. The van der Waals surface area contributed by atoms with Crippen molar-refractivity contribution >= 4 is 55.8 Å². The van der Waals surface area contributed by atoms with Gasteiger partial charge in [0.1, 0.15) is 4.90 Å². The Hall–Kier alpha value is 0.440. The first kappa shape index (κ1) is 15.5. The average Bonchev–Trinajstić information content (AvgIpc) is 2.28. The zero-order valence-electron chi connectivity index (χ0n) is 8.92. The standard InChI is InChI=1S/C10H12Cl2INO2S/c11-8-3-4-9(12)10(7-8)17(15,16)14-6-2-1-5-13/h3-4,7,14H,1-2,5-6H2. The Morgan fingerprint density at radius 1 is 1.24 bits per heavy atom. The zero-order valence-corrected chi connectivity index (χ0v) is 13.4. The van der Waals surface area contributed by atoms with Crippen LogP contribution in [0.2, 0.25) is 10.0 Å². The number of hydrogen-bond acceptors (Lipinski definition) is 2. The van der Waals surface area contributed by atoms with Gasteiger partial charge in [-0.15, -0.1) is 0 Å². The van der Waals surface area contributed by atoms with E-state index in [0.29, 0.717) is 11.6 Å². The first-order chi connectivity index (χ1) is 7.97. The van der Waals surface area contributed by atoms with Gasteiger partial charge in [0.15, 0.2) is 0 Å². The molecule has 0 spiro atoms. The number of halogens is 3. The molecule has 0 aliphatic carbocycles. The van der Waals surface area contributed by atoms with Gasteiger partial charge in [-0.05, 0) is 35.5 Å². The number of sulfonamides is 1. The van der Waals surface area contributed by atoms with Gasteiger partial charge in [0.2, 0.25) is 10.0 Å². The quantitative estimate of drug-likeness (QED) is 0.445. The molecule has 0 unspecified atom stereocenters. The molecule has 0 saturated heterocycles. The molecule has 1 aromatic rings. The largest absolute Gasteiger partial charge is 0.242 e. The molecule has 0 fully saturated rings. The van der Waals surface area contributed by atoms with E-state index in [1.807, 2.05) is 0 Å². The lowest BCUT2D eigenvalue weighted by atomic mass is 10.3. The van der Waals surface area contributed by atoms with Gasteiger partial charge < -0.3 is 0 Å². The summed E-state index contributed by atoms with van der Waals surface area (Å²) in [5.74, 6) is 0. The summed E-state index contributed by atoms with van der Waals surface area (Å²) in [6.45, 7) is 0.411. The average molecular weight is 408 g/mol. The van der Waals surface area contributed by atoms with E-state index in [4.69, 9.17) is 23.2 Å². The molecule has 7 heteroatoms. The van der Waals surface area contributed by atoms with Crippen molar-refractivity contribution in [2.75, 3.05) is 11.0 Å². The lowest BCUT2D eigenvalue weighted by Gasteiger charge is -2.08. The van der Waals surface area contributed by atoms with E-state index >= 15 is 0 Å². The third kappa shape index (κ3) is 4.90. The molecule has 0 bridgehead atoms. The number of alkyl halides is 1. The monoisotopic (exact) mass is 407 g/mol. The van der Waals surface area contributed by atoms with Crippen LogP contribution in [0.25, 0.3) is 0 Å². The molecule has 0 heterocycles. The van der Waals surface area contributed by atoms with E-state index < -0.39 is 10.0 Å². The van der Waals surface area contributed by atoms with Crippen LogP contribution in [-0.2, 0) is 10.0 Å². The molecule has 0 amide bonds. The fourth-order valence-corrected chi connectivity index (χ4v) is 3.56. The molecular formula is C10H12Cl2INO2S. The van der Waals surface area contributed by atoms with Crippen LogP contribution in [0.15, 0.2) is 23.1 Å². The Bertz CT molecular complexity index is 479. The van der Waals surface area contributed by atoms with Crippen molar-refractivity contribution in [3.8, 4) is 0 Å². The Morgan fingerprint density at radius 2 is 1.94 bits per heavy atom. The van der Waals surface area contributed by atoms with Gasteiger partial charge in [0.25, 0.3) is 0 Å². The van der Waals surface area contributed by atoms with E-state index in [2.05, 4.69) is 27.3 Å². The van der Waals surface area contributed by atoms with Crippen LogP contribution in [0.3, 0.4) is 0 Å². The minimum atomic E-state index is -3.56. The van der Waals surface area contributed by atoms with Gasteiger partial charge >= 0.3 is 0 Å². The normalized spacial score (nSPS) is 11.7. The van der Waals surface area contributed by atoms with Gasteiger partial charge in [0.05, 0.1) is 5.02 Å². The first-order valence-electron chi connectivity index (χ1n) is 4.98. The van der Waals surface area contributed by atoms with E-state index in [1.165, 1.54) is 12.1 Å². The fourth-order valence-electron chi connectivity index (χ4n) is 1.19. The van der Waals surface area contributed by atoms with Crippen molar-refractivity contribution in [2.45, 2.75) is 17.7 Å². The highest BCUT2D eigenvalue weighted by Crippen LogP contribution is 2.24. The second-order valence-corrected chi connectivity index (χ2v) is 7.03. The summed E-state index contributed by atoms with van der Waals surface area (Å²) >= 11 is 13.9. The van der Waals surface area contributed by atoms with Gasteiger partial charge in [-0.3, -0.25) is 0 Å². The van der Waals surface area contributed by atoms with Crippen molar-refractivity contribution in [3.05, 3.63) is 28.2 Å². The smallest absolute Gasteiger partial charge is 0.211 e. The molecule has 0 aliphatic rings. The van der Waals surface area contributed by atoms with E-state index in [-0.39, 0.29) is 9.92 Å². The Kier molecular flexibility index (Phi) is 6.50. The Morgan fingerprint density at radius 3 is 2.59 bits per heavy atom. The predicted molar refractivity (Wildman–Crippen MR) is 79.8 cm³/mol. The summed E-state index contributed by atoms with van der Waals surface area (Å²) in [7, 11) is -3.56. The predicted octanol–water partition coefficient (Wildman–Crippen LogP) is 3.49. The van der Waals surface area contributed by atoms with Crippen LogP contribution in [0.4, 0.5) is 0 Å². The summed E-state index contributed by atoms with van der Waals surface area (Å²) in [6.07, 6.45) is 1.78. The molecule has 1 N–H and O–H groups in total. The van der Waals surface area contributed by atoms with Crippen LogP contribution in [-0.4, -0.2) is 19.4 Å². The van der Waals surface area contributed by atoms with E-state index in [1.54, 1.807) is 6.07 Å². The maximum absolute atomic E-state index is 11.9. The van der Waals surface area contributed by atoms with Gasteiger partial charge in [0, 0.05) is 11.6 Å². The number of nitrogens with one attached hydrogen (secondary N) is 1. The highest BCUT2D eigenvalue weighted by molar-refractivity contribution is 14.1. The Labute approximate surface area is 125 Å². The third-order valence-electron chi connectivity index (χ3n) is 2.04. The van der Waals surface area contributed by atoms with Crippen LogP contribution >= 0.6 is 45.8 Å². The molecule has 17 heavy (non-hydrogen) atoms. The topological polar surface area (TPSA) is 46.2 Å². The lowest BCUT2D eigenvalue weighted by Crippen LogP contribution is -2.25. The summed E-state index contributed by atoms with van der Waals surface area (Å²) in [5, 5.41) is 0.526. The maximum Gasteiger partial charge on any atom is 0.242 e. The minimum absolute atomic E-state index is 0.0288. The van der Waals surface area contributed by atoms with Crippen LogP contribution in [0, 0.1) is 0 Å². The molecule has 0 atom stereocenters. The van der Waals surface area contributed by atoms with Gasteiger partial charge in [-0.1, -0.05) is 45.8 Å². The third-order valence-corrected chi connectivity index (χ3v) is 4.98. The molecule has 1 aromatic carbocycles. The van der Waals surface area contributed by atoms with Crippen molar-refractivity contribution < 1.29 is 8.42 Å². The molecule has 0 saturated carbocycles. The Balaban J connectivity index is 2.79. The van der Waals surface area contributed by atoms with Gasteiger partial charge in [-0.2, -0.15) is 0 Å². The molecular weight excluding hydrogens is 396 g/mol. The number of rotatable bonds is 6. The lowest BCUT2D eigenvalue weighted by molar-refractivity contribution is 0.579. The SMILES string of the molecule is O=S(=O)(NCCCCI)c1cc(Cl)ccc1Cl. The molecule has 3 nitrogen and oxygen atoms in total. The highest BCUT2D eigenvalue weighted by Gasteiger charge is 2.17. The summed E-state index contributed by atoms with van der Waals surface area (Å²) in [4.78, 5) is 0.0288. The van der Waals surface area contributed by atoms with Crippen LogP contribution in [0.1, 0.15) is 12.8 Å². The van der Waals surface area contributed by atoms with Crippen molar-refractivity contribution in [1.82, 2.24) is 4.72 Å². The second kappa shape index (κ2) is 7.13. The molecule has 1 rings (SSSR count). The maximum atomic E-state index is 11.9. The fraction of sp³-hybridized carbons (Fsp3) is 0.400. The number of benzene rings is 1. The van der Waals surface area contributed by atoms with Crippen molar-refractivity contribution in [1.29, 1.82) is 0 Å². The highest BCUT2D eigenvalue weighted by atomic mass is 127. The van der Waals surface area contributed by atoms with Gasteiger partial charge in [-0.25, -0.2) is 13.1 Å². The second-order valence-electron chi connectivity index (χ2n) is 3.37. The van der Waals surface area contributed by atoms with Crippen molar-refractivity contribution in [3.63, 3.8) is 0 Å². The van der Waals surface area contributed by atoms with E-state index in [9.17, 15) is 8.42 Å². The first-order valence-corrected chi connectivity index (χ1v) is 8.74. The van der Waals surface area contributed by atoms with Crippen LogP contribution < -0.4 is 4.72 Å². The van der Waals surface area contributed by atoms with Crippen LogP contribution in [0.5, 0.6) is 0 Å².